The molecule has 0 unspecified atom stereocenters. The quantitative estimate of drug-likeness (QED) is 0.655. The molecule has 3 rings (SSSR count). The minimum Gasteiger partial charge on any atom is -0.310 e. The Morgan fingerprint density at radius 3 is 3.19 bits per heavy atom. The molecule has 0 atom stereocenters. The normalized spacial score (nSPS) is 17.6. The first-order valence-corrected chi connectivity index (χ1v) is 6.10. The maximum absolute atomic E-state index is 8.86. The van der Waals surface area contributed by atoms with Crippen LogP contribution in [0.4, 0.5) is 0 Å². The number of nitriles is 1. The highest BCUT2D eigenvalue weighted by Crippen LogP contribution is 2.34. The van der Waals surface area contributed by atoms with Crippen molar-refractivity contribution in [2.75, 3.05) is 13.1 Å². The minimum atomic E-state index is 0.668. The summed E-state index contributed by atoms with van der Waals surface area (Å²) in [7, 11) is 0. The van der Waals surface area contributed by atoms with Gasteiger partial charge in [-0.2, -0.15) is 5.26 Å². The van der Waals surface area contributed by atoms with Gasteiger partial charge in [0.1, 0.15) is 10.2 Å². The van der Waals surface area contributed by atoms with Gasteiger partial charge in [-0.1, -0.05) is 24.0 Å². The summed E-state index contributed by atoms with van der Waals surface area (Å²) in [5, 5.41) is 8.86. The summed E-state index contributed by atoms with van der Waals surface area (Å²) >= 11 is 6.87. The Hall–Kier alpha value is -1.38. The number of aliphatic imine (C=N–C) groups is 1. The molecule has 2 aliphatic heterocycles. The maximum atomic E-state index is 8.86. The zero-order valence-electron chi connectivity index (χ0n) is 8.30. The highest BCUT2D eigenvalue weighted by atomic mass is 32.2. The Kier molecular flexibility index (Phi) is 2.20. The second kappa shape index (κ2) is 3.58. The fourth-order valence-electron chi connectivity index (χ4n) is 1.87. The van der Waals surface area contributed by atoms with Crippen molar-refractivity contribution in [1.29, 1.82) is 5.26 Å². The summed E-state index contributed by atoms with van der Waals surface area (Å²) in [5.41, 5.74) is 1.76. The van der Waals surface area contributed by atoms with Crippen molar-refractivity contribution in [2.24, 2.45) is 4.99 Å². The van der Waals surface area contributed by atoms with Crippen molar-refractivity contribution >= 4 is 34.1 Å². The topological polar surface area (TPSA) is 39.4 Å². The standard InChI is InChI=1S/C11H7N3S2/c12-6-7-1-2-8-9(5-7)16-11(15)14-4-3-13-10(8)14/h1-2,5H,3-4H2. The van der Waals surface area contributed by atoms with Crippen LogP contribution in [0.1, 0.15) is 11.1 Å². The number of thioether (sulfide) groups is 1. The van der Waals surface area contributed by atoms with Crippen LogP contribution >= 0.6 is 24.0 Å². The highest BCUT2D eigenvalue weighted by molar-refractivity contribution is 8.23. The van der Waals surface area contributed by atoms with Gasteiger partial charge in [0.25, 0.3) is 0 Å². The number of hydrogen-bond acceptors (Lipinski definition) is 4. The van der Waals surface area contributed by atoms with Crippen LogP contribution in [0.2, 0.25) is 0 Å². The Morgan fingerprint density at radius 2 is 2.38 bits per heavy atom. The van der Waals surface area contributed by atoms with Gasteiger partial charge < -0.3 is 4.90 Å². The Labute approximate surface area is 103 Å². The van der Waals surface area contributed by atoms with Crippen LogP contribution in [0.25, 0.3) is 0 Å². The van der Waals surface area contributed by atoms with Crippen LogP contribution in [-0.2, 0) is 0 Å². The summed E-state index contributed by atoms with van der Waals surface area (Å²) < 4.78 is 0.832. The predicted molar refractivity (Wildman–Crippen MR) is 67.7 cm³/mol. The van der Waals surface area contributed by atoms with Gasteiger partial charge in [-0.3, -0.25) is 4.99 Å². The van der Waals surface area contributed by atoms with E-state index in [2.05, 4.69) is 16.0 Å². The van der Waals surface area contributed by atoms with Crippen molar-refractivity contribution in [3.8, 4) is 6.07 Å². The van der Waals surface area contributed by atoms with E-state index < -0.39 is 0 Å². The van der Waals surface area contributed by atoms with Crippen LogP contribution < -0.4 is 0 Å². The second-order valence-corrected chi connectivity index (χ2v) is 5.22. The van der Waals surface area contributed by atoms with Gasteiger partial charge in [0.15, 0.2) is 0 Å². The fourth-order valence-corrected chi connectivity index (χ4v) is 3.24. The first-order valence-electron chi connectivity index (χ1n) is 4.88. The average molecular weight is 245 g/mol. The zero-order chi connectivity index (χ0) is 11.1. The van der Waals surface area contributed by atoms with Gasteiger partial charge >= 0.3 is 0 Å². The molecule has 0 amide bonds. The lowest BCUT2D eigenvalue weighted by Gasteiger charge is -2.27. The number of benzene rings is 1. The lowest BCUT2D eigenvalue weighted by atomic mass is 10.1. The van der Waals surface area contributed by atoms with Gasteiger partial charge in [0.2, 0.25) is 0 Å². The van der Waals surface area contributed by atoms with Crippen LogP contribution in [0, 0.1) is 11.3 Å². The van der Waals surface area contributed by atoms with Crippen molar-refractivity contribution in [3.63, 3.8) is 0 Å². The second-order valence-electron chi connectivity index (χ2n) is 3.55. The summed E-state index contributed by atoms with van der Waals surface area (Å²) in [6.45, 7) is 1.68. The van der Waals surface area contributed by atoms with E-state index in [0.717, 1.165) is 33.7 Å². The minimum absolute atomic E-state index is 0.668. The molecule has 1 aromatic rings. The Balaban J connectivity index is 2.17. The SMILES string of the molecule is N#Cc1ccc2c(c1)SC(=S)N1CCN=C21. The monoisotopic (exact) mass is 245 g/mol. The van der Waals surface area contributed by atoms with E-state index in [0.29, 0.717) is 5.56 Å². The Morgan fingerprint density at radius 1 is 1.50 bits per heavy atom. The molecule has 0 spiro atoms. The third-order valence-electron chi connectivity index (χ3n) is 2.61. The molecule has 0 aliphatic carbocycles. The molecule has 78 valence electrons. The summed E-state index contributed by atoms with van der Waals surface area (Å²) in [6, 6.07) is 7.81. The number of nitrogens with zero attached hydrogens (tertiary/aromatic N) is 3. The number of fused-ring (bicyclic) bond motifs is 3. The van der Waals surface area contributed by atoms with E-state index in [1.54, 1.807) is 11.8 Å². The molecule has 0 bridgehead atoms. The number of amidine groups is 1. The average Bonchev–Trinajstić information content (AvgIpc) is 2.78. The van der Waals surface area contributed by atoms with E-state index in [9.17, 15) is 0 Å². The van der Waals surface area contributed by atoms with E-state index >= 15 is 0 Å². The van der Waals surface area contributed by atoms with Crippen molar-refractivity contribution < 1.29 is 0 Å². The molecule has 1 aromatic carbocycles. The predicted octanol–water partition coefficient (Wildman–Crippen LogP) is 2.01. The van der Waals surface area contributed by atoms with Gasteiger partial charge in [-0.15, -0.1) is 0 Å². The maximum Gasteiger partial charge on any atom is 0.146 e. The van der Waals surface area contributed by atoms with Crippen molar-refractivity contribution in [1.82, 2.24) is 4.90 Å². The molecular formula is C11H7N3S2. The van der Waals surface area contributed by atoms with Gasteiger partial charge in [0, 0.05) is 17.0 Å². The van der Waals surface area contributed by atoms with Crippen LogP contribution in [-0.4, -0.2) is 28.1 Å². The van der Waals surface area contributed by atoms with E-state index in [4.69, 9.17) is 17.5 Å². The number of thiocarbonyl (C=S) groups is 1. The summed E-state index contributed by atoms with van der Waals surface area (Å²) in [4.78, 5) is 7.57. The molecule has 0 saturated carbocycles. The van der Waals surface area contributed by atoms with Crippen LogP contribution in [0.15, 0.2) is 28.1 Å². The largest absolute Gasteiger partial charge is 0.310 e. The van der Waals surface area contributed by atoms with Gasteiger partial charge in [-0.25, -0.2) is 0 Å². The first-order chi connectivity index (χ1) is 7.79. The molecule has 0 fully saturated rings. The van der Waals surface area contributed by atoms with Crippen molar-refractivity contribution in [2.45, 2.75) is 4.90 Å². The molecular weight excluding hydrogens is 238 g/mol. The molecule has 0 N–H and O–H groups in total. The highest BCUT2D eigenvalue weighted by Gasteiger charge is 2.30. The third-order valence-corrected chi connectivity index (χ3v) is 4.03. The summed E-state index contributed by atoms with van der Waals surface area (Å²) in [6.07, 6.45) is 0. The zero-order valence-corrected chi connectivity index (χ0v) is 9.94. The third kappa shape index (κ3) is 1.34. The van der Waals surface area contributed by atoms with Crippen LogP contribution in [0.3, 0.4) is 0 Å². The molecule has 3 nitrogen and oxygen atoms in total. The molecule has 0 radical (unpaired) electrons. The van der Waals surface area contributed by atoms with E-state index in [-0.39, 0.29) is 0 Å². The first kappa shape index (κ1) is 9.82. The van der Waals surface area contributed by atoms with Gasteiger partial charge in [0.05, 0.1) is 18.2 Å². The van der Waals surface area contributed by atoms with E-state index in [1.165, 1.54) is 0 Å². The fraction of sp³-hybridized carbons (Fsp3) is 0.182. The molecule has 5 heteroatoms. The Bertz CT molecular complexity index is 557. The molecule has 2 heterocycles. The lowest BCUT2D eigenvalue weighted by molar-refractivity contribution is 0.685. The van der Waals surface area contributed by atoms with E-state index in [1.807, 2.05) is 18.2 Å². The molecule has 2 aliphatic rings. The van der Waals surface area contributed by atoms with Gasteiger partial charge in [-0.05, 0) is 18.2 Å². The number of rotatable bonds is 0. The van der Waals surface area contributed by atoms with Crippen LogP contribution in [0.5, 0.6) is 0 Å². The molecule has 16 heavy (non-hydrogen) atoms. The summed E-state index contributed by atoms with van der Waals surface area (Å²) in [5.74, 6) is 0.961. The smallest absolute Gasteiger partial charge is 0.146 e. The van der Waals surface area contributed by atoms with Crippen molar-refractivity contribution in [3.05, 3.63) is 29.3 Å². The number of hydrogen-bond donors (Lipinski definition) is 0. The molecule has 0 aromatic heterocycles. The molecule has 0 saturated heterocycles. The lowest BCUT2D eigenvalue weighted by Crippen LogP contribution is -2.35.